The van der Waals surface area contributed by atoms with Crippen LogP contribution in [0.3, 0.4) is 0 Å². The molecule has 0 fully saturated rings. The SMILES string of the molecule is CC(Nc1cc(C#N)c(F)cc1Br)C(F)(F)F. The minimum Gasteiger partial charge on any atom is -0.373 e. The Morgan fingerprint density at radius 1 is 1.41 bits per heavy atom. The average Bonchev–Trinajstić information content (AvgIpc) is 2.20. The van der Waals surface area contributed by atoms with Crippen molar-refractivity contribution >= 4 is 21.6 Å². The highest BCUT2D eigenvalue weighted by molar-refractivity contribution is 9.10. The minimum absolute atomic E-state index is 0.0211. The summed E-state index contributed by atoms with van der Waals surface area (Å²) in [6.07, 6.45) is -4.42. The Bertz CT molecular complexity index is 465. The van der Waals surface area contributed by atoms with Crippen LogP contribution in [-0.4, -0.2) is 12.2 Å². The molecule has 17 heavy (non-hydrogen) atoms. The summed E-state index contributed by atoms with van der Waals surface area (Å²) in [6.45, 7) is 0.932. The van der Waals surface area contributed by atoms with Gasteiger partial charge < -0.3 is 5.32 Å². The molecule has 0 heterocycles. The van der Waals surface area contributed by atoms with Gasteiger partial charge in [0.1, 0.15) is 17.9 Å². The molecule has 0 saturated carbocycles. The van der Waals surface area contributed by atoms with Crippen molar-refractivity contribution in [3.63, 3.8) is 0 Å². The zero-order valence-corrected chi connectivity index (χ0v) is 10.2. The number of hydrogen-bond acceptors (Lipinski definition) is 2. The van der Waals surface area contributed by atoms with Gasteiger partial charge in [0.2, 0.25) is 0 Å². The van der Waals surface area contributed by atoms with Crippen molar-refractivity contribution in [2.24, 2.45) is 0 Å². The van der Waals surface area contributed by atoms with E-state index in [0.717, 1.165) is 19.1 Å². The summed E-state index contributed by atoms with van der Waals surface area (Å²) in [4.78, 5) is 0. The Kier molecular flexibility index (Phi) is 3.98. The number of nitriles is 1. The van der Waals surface area contributed by atoms with Gasteiger partial charge in [-0.3, -0.25) is 0 Å². The first-order chi connectivity index (χ1) is 7.75. The molecule has 0 aliphatic carbocycles. The Labute approximate surface area is 103 Å². The topological polar surface area (TPSA) is 35.8 Å². The Hall–Kier alpha value is -1.29. The third-order valence-electron chi connectivity index (χ3n) is 2.04. The second-order valence-electron chi connectivity index (χ2n) is 3.33. The fourth-order valence-corrected chi connectivity index (χ4v) is 1.49. The van der Waals surface area contributed by atoms with Crippen LogP contribution in [-0.2, 0) is 0 Å². The van der Waals surface area contributed by atoms with Gasteiger partial charge in [-0.15, -0.1) is 0 Å². The molecule has 0 aromatic heterocycles. The molecule has 92 valence electrons. The molecular formula is C10H7BrF4N2. The summed E-state index contributed by atoms with van der Waals surface area (Å²) >= 11 is 2.93. The van der Waals surface area contributed by atoms with Crippen molar-refractivity contribution < 1.29 is 17.6 Å². The zero-order valence-electron chi connectivity index (χ0n) is 8.57. The lowest BCUT2D eigenvalue weighted by Crippen LogP contribution is -2.33. The first-order valence-electron chi connectivity index (χ1n) is 4.48. The third kappa shape index (κ3) is 3.33. The number of rotatable bonds is 2. The maximum atomic E-state index is 13.1. The molecule has 7 heteroatoms. The van der Waals surface area contributed by atoms with Gasteiger partial charge >= 0.3 is 6.18 Å². The quantitative estimate of drug-likeness (QED) is 0.843. The van der Waals surface area contributed by atoms with E-state index in [1.54, 1.807) is 6.07 Å². The largest absolute Gasteiger partial charge is 0.408 e. The molecule has 1 aromatic carbocycles. The first kappa shape index (κ1) is 13.8. The molecule has 0 amide bonds. The first-order valence-corrected chi connectivity index (χ1v) is 5.27. The van der Waals surface area contributed by atoms with Crippen LogP contribution in [0.2, 0.25) is 0 Å². The Morgan fingerprint density at radius 3 is 2.47 bits per heavy atom. The summed E-state index contributed by atoms with van der Waals surface area (Å²) in [5, 5.41) is 10.7. The molecular weight excluding hydrogens is 304 g/mol. The van der Waals surface area contributed by atoms with Crippen molar-refractivity contribution in [2.75, 3.05) is 5.32 Å². The fraction of sp³-hybridized carbons (Fsp3) is 0.300. The van der Waals surface area contributed by atoms with Gasteiger partial charge in [0.05, 0.1) is 11.3 Å². The van der Waals surface area contributed by atoms with E-state index in [2.05, 4.69) is 21.2 Å². The van der Waals surface area contributed by atoms with Crippen LogP contribution >= 0.6 is 15.9 Å². The van der Waals surface area contributed by atoms with Crippen LogP contribution in [0.1, 0.15) is 12.5 Å². The van der Waals surface area contributed by atoms with Crippen LogP contribution in [0, 0.1) is 17.1 Å². The summed E-state index contributed by atoms with van der Waals surface area (Å²) in [5.74, 6) is -0.787. The van der Waals surface area contributed by atoms with Crippen LogP contribution in [0.25, 0.3) is 0 Å². The average molecular weight is 311 g/mol. The van der Waals surface area contributed by atoms with Gasteiger partial charge in [-0.25, -0.2) is 4.39 Å². The van der Waals surface area contributed by atoms with Crippen LogP contribution < -0.4 is 5.32 Å². The molecule has 0 aliphatic rings. The number of alkyl halides is 3. The Balaban J connectivity index is 3.04. The number of nitrogens with zero attached hydrogens (tertiary/aromatic N) is 1. The number of anilines is 1. The van der Waals surface area contributed by atoms with Gasteiger partial charge in [-0.1, -0.05) is 0 Å². The van der Waals surface area contributed by atoms with Gasteiger partial charge in [-0.2, -0.15) is 18.4 Å². The van der Waals surface area contributed by atoms with Gasteiger partial charge in [0.25, 0.3) is 0 Å². The summed E-state index contributed by atoms with van der Waals surface area (Å²) in [6, 6.07) is 1.74. The zero-order chi connectivity index (χ0) is 13.2. The van der Waals surface area contributed by atoms with Gasteiger partial charge in [-0.05, 0) is 35.0 Å². The molecule has 1 aromatic rings. The second kappa shape index (κ2) is 4.92. The van der Waals surface area contributed by atoms with Gasteiger partial charge in [0.15, 0.2) is 0 Å². The van der Waals surface area contributed by atoms with Crippen molar-refractivity contribution in [1.29, 1.82) is 5.26 Å². The molecule has 0 aliphatic heterocycles. The predicted octanol–water partition coefficient (Wildman–Crippen LogP) is 3.82. The summed E-state index contributed by atoms with van der Waals surface area (Å²) < 4.78 is 50.2. The Morgan fingerprint density at radius 2 is 2.00 bits per heavy atom. The molecule has 0 bridgehead atoms. The highest BCUT2D eigenvalue weighted by atomic mass is 79.9. The lowest BCUT2D eigenvalue weighted by Gasteiger charge is -2.19. The molecule has 1 atom stereocenters. The maximum Gasteiger partial charge on any atom is 0.408 e. The second-order valence-corrected chi connectivity index (χ2v) is 4.19. The van der Waals surface area contributed by atoms with E-state index in [9.17, 15) is 17.6 Å². The lowest BCUT2D eigenvalue weighted by atomic mass is 10.2. The van der Waals surface area contributed by atoms with Crippen LogP contribution in [0.5, 0.6) is 0 Å². The predicted molar refractivity (Wildman–Crippen MR) is 58.0 cm³/mol. The summed E-state index contributed by atoms with van der Waals surface area (Å²) in [7, 11) is 0. The number of hydrogen-bond donors (Lipinski definition) is 1. The van der Waals surface area contributed by atoms with Crippen molar-refractivity contribution in [3.8, 4) is 6.07 Å². The maximum absolute atomic E-state index is 13.1. The number of benzene rings is 1. The van der Waals surface area contributed by atoms with E-state index in [4.69, 9.17) is 5.26 Å². The molecule has 0 saturated heterocycles. The molecule has 1 N–H and O–H groups in total. The molecule has 0 radical (unpaired) electrons. The van der Waals surface area contributed by atoms with Crippen molar-refractivity contribution in [1.82, 2.24) is 0 Å². The van der Waals surface area contributed by atoms with E-state index in [0.29, 0.717) is 0 Å². The molecule has 0 spiro atoms. The fourth-order valence-electron chi connectivity index (χ4n) is 1.06. The lowest BCUT2D eigenvalue weighted by molar-refractivity contribution is -0.138. The highest BCUT2D eigenvalue weighted by Crippen LogP contribution is 2.29. The van der Waals surface area contributed by atoms with E-state index >= 15 is 0 Å². The molecule has 1 unspecified atom stereocenters. The minimum atomic E-state index is -4.42. The van der Waals surface area contributed by atoms with Crippen LogP contribution in [0.15, 0.2) is 16.6 Å². The van der Waals surface area contributed by atoms with Crippen LogP contribution in [0.4, 0.5) is 23.2 Å². The standard InChI is InChI=1S/C10H7BrF4N2/c1-5(10(13,14)15)17-9-2-6(4-16)8(12)3-7(9)11/h2-3,5,17H,1H3. The highest BCUT2D eigenvalue weighted by Gasteiger charge is 2.36. The van der Waals surface area contributed by atoms with E-state index in [-0.39, 0.29) is 15.7 Å². The molecule has 1 rings (SSSR count). The smallest absolute Gasteiger partial charge is 0.373 e. The third-order valence-corrected chi connectivity index (χ3v) is 2.70. The normalized spacial score (nSPS) is 13.0. The number of halogens is 5. The van der Waals surface area contributed by atoms with E-state index in [1.165, 1.54) is 0 Å². The van der Waals surface area contributed by atoms with Crippen molar-refractivity contribution in [3.05, 3.63) is 28.0 Å². The van der Waals surface area contributed by atoms with Crippen molar-refractivity contribution in [2.45, 2.75) is 19.1 Å². The number of nitrogens with one attached hydrogen (secondary N) is 1. The molecule has 2 nitrogen and oxygen atoms in total. The van der Waals surface area contributed by atoms with E-state index in [1.807, 2.05) is 0 Å². The van der Waals surface area contributed by atoms with Gasteiger partial charge in [0, 0.05) is 4.47 Å². The van der Waals surface area contributed by atoms with E-state index < -0.39 is 18.0 Å². The monoisotopic (exact) mass is 310 g/mol. The summed E-state index contributed by atoms with van der Waals surface area (Å²) in [5.41, 5.74) is -0.294.